The molecule has 4 aromatic rings. The van der Waals surface area contributed by atoms with E-state index in [9.17, 15) is 0 Å². The second-order valence-electron chi connectivity index (χ2n) is 6.25. The first-order valence-corrected chi connectivity index (χ1v) is 9.42. The lowest BCUT2D eigenvalue weighted by molar-refractivity contribution is 0.833. The van der Waals surface area contributed by atoms with Crippen molar-refractivity contribution < 1.29 is 0 Å². The first kappa shape index (κ1) is 18.3. The van der Waals surface area contributed by atoms with E-state index in [1.165, 1.54) is 0 Å². The fourth-order valence-corrected chi connectivity index (χ4v) is 3.36. The highest BCUT2D eigenvalue weighted by Gasteiger charge is 2.12. The molecule has 2 heterocycles. The van der Waals surface area contributed by atoms with E-state index in [0.717, 1.165) is 28.2 Å². The summed E-state index contributed by atoms with van der Waals surface area (Å²) in [6, 6.07) is 17.4. The number of nitrogens with one attached hydrogen (secondary N) is 1. The predicted octanol–water partition coefficient (Wildman–Crippen LogP) is 4.95. The highest BCUT2D eigenvalue weighted by Crippen LogP contribution is 2.21. The Balaban J connectivity index is 1.75. The molecule has 0 aliphatic heterocycles. The summed E-state index contributed by atoms with van der Waals surface area (Å²) in [6.45, 7) is 3.97. The van der Waals surface area contributed by atoms with Crippen LogP contribution in [0.5, 0.6) is 0 Å². The van der Waals surface area contributed by atoms with Gasteiger partial charge in [0.25, 0.3) is 0 Å². The highest BCUT2D eigenvalue weighted by molar-refractivity contribution is 7.71. The van der Waals surface area contributed by atoms with Crippen LogP contribution in [0.15, 0.2) is 59.7 Å². The monoisotopic (exact) mass is 408 g/mol. The molecule has 0 aliphatic rings. The molecule has 0 unspecified atom stereocenters. The van der Waals surface area contributed by atoms with Gasteiger partial charge >= 0.3 is 0 Å². The Hall–Kier alpha value is -3.03. The van der Waals surface area contributed by atoms with Gasteiger partial charge in [0.15, 0.2) is 5.82 Å². The van der Waals surface area contributed by atoms with E-state index in [1.54, 1.807) is 10.9 Å². The van der Waals surface area contributed by atoms with Crippen molar-refractivity contribution in [3.05, 3.63) is 81.3 Å². The lowest BCUT2D eigenvalue weighted by Gasteiger charge is -2.04. The normalized spacial score (nSPS) is 11.4. The minimum absolute atomic E-state index is 0.400. The molecule has 2 aromatic carbocycles. The summed E-state index contributed by atoms with van der Waals surface area (Å²) in [5.41, 5.74) is 4.63. The molecule has 0 bridgehead atoms. The van der Waals surface area contributed by atoms with E-state index in [4.69, 9.17) is 23.8 Å². The number of hydrogen-bond acceptors (Lipinski definition) is 4. The van der Waals surface area contributed by atoms with Crippen LogP contribution < -0.4 is 0 Å². The van der Waals surface area contributed by atoms with E-state index in [0.29, 0.717) is 15.6 Å². The van der Waals surface area contributed by atoms with E-state index in [2.05, 4.69) is 20.4 Å². The predicted molar refractivity (Wildman–Crippen MR) is 114 cm³/mol. The Bertz CT molecular complexity index is 1220. The van der Waals surface area contributed by atoms with Gasteiger partial charge in [0, 0.05) is 16.1 Å². The third-order valence-corrected chi connectivity index (χ3v) is 4.88. The van der Waals surface area contributed by atoms with Gasteiger partial charge in [0.05, 0.1) is 23.3 Å². The maximum absolute atomic E-state index is 6.11. The van der Waals surface area contributed by atoms with E-state index >= 15 is 0 Å². The Morgan fingerprint density at radius 1 is 1.11 bits per heavy atom. The summed E-state index contributed by atoms with van der Waals surface area (Å²) < 4.78 is 3.89. The van der Waals surface area contributed by atoms with Crippen LogP contribution in [0.2, 0.25) is 5.02 Å². The average molecular weight is 409 g/mol. The van der Waals surface area contributed by atoms with Gasteiger partial charge in [0.2, 0.25) is 4.77 Å². The maximum Gasteiger partial charge on any atom is 0.216 e. The van der Waals surface area contributed by atoms with Crippen molar-refractivity contribution >= 4 is 30.0 Å². The van der Waals surface area contributed by atoms with E-state index in [1.807, 2.05) is 73.1 Å². The van der Waals surface area contributed by atoms with Crippen molar-refractivity contribution in [1.29, 1.82) is 0 Å². The third-order valence-electron chi connectivity index (χ3n) is 4.38. The van der Waals surface area contributed by atoms with Crippen molar-refractivity contribution in [3.8, 4) is 17.1 Å². The van der Waals surface area contributed by atoms with Crippen LogP contribution >= 0.6 is 23.8 Å². The lowest BCUT2D eigenvalue weighted by atomic mass is 10.2. The summed E-state index contributed by atoms with van der Waals surface area (Å²) >= 11 is 11.5. The summed E-state index contributed by atoms with van der Waals surface area (Å²) in [4.78, 5) is 0. The summed E-state index contributed by atoms with van der Waals surface area (Å²) in [6.07, 6.45) is 1.76. The van der Waals surface area contributed by atoms with Crippen LogP contribution in [-0.4, -0.2) is 30.9 Å². The highest BCUT2D eigenvalue weighted by atomic mass is 35.5. The molecule has 0 aliphatic carbocycles. The minimum Gasteiger partial charge on any atom is -0.250 e. The number of halogens is 1. The molecule has 8 heteroatoms. The zero-order chi connectivity index (χ0) is 19.7. The zero-order valence-corrected chi connectivity index (χ0v) is 16.9. The summed E-state index contributed by atoms with van der Waals surface area (Å²) in [7, 11) is 0. The van der Waals surface area contributed by atoms with Crippen molar-refractivity contribution in [3.63, 3.8) is 0 Å². The molecule has 0 atom stereocenters. The SMILES string of the molecule is Cc1nn(-c2ccccc2)c(C)c1C=Nn1c(-c2cccc(Cl)c2)n[nH]c1=S. The Morgan fingerprint density at radius 3 is 2.64 bits per heavy atom. The number of benzene rings is 2. The molecule has 0 saturated heterocycles. The van der Waals surface area contributed by atoms with Crippen molar-refractivity contribution in [2.75, 3.05) is 0 Å². The van der Waals surface area contributed by atoms with Crippen molar-refractivity contribution in [1.82, 2.24) is 24.7 Å². The van der Waals surface area contributed by atoms with Gasteiger partial charge in [0.1, 0.15) is 0 Å². The molecule has 0 fully saturated rings. The van der Waals surface area contributed by atoms with Crippen LogP contribution in [0.25, 0.3) is 17.1 Å². The molecular weight excluding hydrogens is 392 g/mol. The Labute approximate surface area is 172 Å². The zero-order valence-electron chi connectivity index (χ0n) is 15.3. The molecule has 0 radical (unpaired) electrons. The Morgan fingerprint density at radius 2 is 1.89 bits per heavy atom. The molecule has 0 spiro atoms. The van der Waals surface area contributed by atoms with Gasteiger partial charge in [-0.05, 0) is 50.3 Å². The quantitative estimate of drug-likeness (QED) is 0.384. The topological polar surface area (TPSA) is 63.8 Å². The van der Waals surface area contributed by atoms with Gasteiger partial charge in [-0.1, -0.05) is 41.9 Å². The molecule has 2 aromatic heterocycles. The number of aromatic amines is 1. The fraction of sp³-hybridized carbons (Fsp3) is 0.100. The summed E-state index contributed by atoms with van der Waals surface area (Å²) in [5.74, 6) is 0.592. The molecule has 4 rings (SSSR count). The molecule has 1 N–H and O–H groups in total. The number of rotatable bonds is 4. The van der Waals surface area contributed by atoms with Gasteiger partial charge < -0.3 is 0 Å². The molecule has 0 saturated carbocycles. The fourth-order valence-electron chi connectivity index (χ4n) is 2.99. The maximum atomic E-state index is 6.11. The molecule has 28 heavy (non-hydrogen) atoms. The molecule has 0 amide bonds. The average Bonchev–Trinajstić information content (AvgIpc) is 3.20. The van der Waals surface area contributed by atoms with E-state index < -0.39 is 0 Å². The number of para-hydroxylation sites is 1. The largest absolute Gasteiger partial charge is 0.250 e. The smallest absolute Gasteiger partial charge is 0.216 e. The van der Waals surface area contributed by atoms with Crippen LogP contribution in [0, 0.1) is 18.6 Å². The van der Waals surface area contributed by atoms with Crippen molar-refractivity contribution in [2.24, 2.45) is 5.10 Å². The number of hydrogen-bond donors (Lipinski definition) is 1. The van der Waals surface area contributed by atoms with Gasteiger partial charge in [-0.25, -0.2) is 9.78 Å². The first-order valence-electron chi connectivity index (χ1n) is 8.64. The van der Waals surface area contributed by atoms with Crippen molar-refractivity contribution in [2.45, 2.75) is 13.8 Å². The molecule has 140 valence electrons. The van der Waals surface area contributed by atoms with Gasteiger partial charge in [-0.2, -0.15) is 20.0 Å². The minimum atomic E-state index is 0.400. The van der Waals surface area contributed by atoms with Crippen LogP contribution in [-0.2, 0) is 0 Å². The first-order chi connectivity index (χ1) is 13.5. The Kier molecular flexibility index (Phi) is 4.93. The number of nitrogens with zero attached hydrogens (tertiary/aromatic N) is 5. The summed E-state index contributed by atoms with van der Waals surface area (Å²) in [5, 5.41) is 16.9. The second kappa shape index (κ2) is 7.53. The van der Waals surface area contributed by atoms with E-state index in [-0.39, 0.29) is 0 Å². The standard InChI is InChI=1S/C20H17ClN6S/c1-13-18(14(2)26(25-13)17-9-4-3-5-10-17)12-22-27-19(23-24-20(27)28)15-7-6-8-16(21)11-15/h3-12H,1-2H3,(H,24,28). The number of H-pyrrole nitrogens is 1. The van der Waals surface area contributed by atoms with Gasteiger partial charge in [-0.3, -0.25) is 0 Å². The molecule has 6 nitrogen and oxygen atoms in total. The van der Waals surface area contributed by atoms with Crippen LogP contribution in [0.1, 0.15) is 17.0 Å². The number of aromatic nitrogens is 5. The van der Waals surface area contributed by atoms with Crippen LogP contribution in [0.4, 0.5) is 0 Å². The lowest BCUT2D eigenvalue weighted by Crippen LogP contribution is -1.99. The van der Waals surface area contributed by atoms with Crippen LogP contribution in [0.3, 0.4) is 0 Å². The third kappa shape index (κ3) is 3.42. The van der Waals surface area contributed by atoms with Gasteiger partial charge in [-0.15, -0.1) is 0 Å². The number of aryl methyl sites for hydroxylation is 1. The molecular formula is C20H17ClN6S. The second-order valence-corrected chi connectivity index (χ2v) is 7.07.